The first-order chi connectivity index (χ1) is 12.7. The number of aromatic nitrogens is 1. The number of carboxylic acid groups (broad SMARTS) is 1. The van der Waals surface area contributed by atoms with E-state index in [-0.39, 0.29) is 11.9 Å². The lowest BCUT2D eigenvalue weighted by Crippen LogP contribution is -2.49. The Kier molecular flexibility index (Phi) is 6.52. The van der Waals surface area contributed by atoms with Crippen LogP contribution < -0.4 is 10.6 Å². The molecule has 27 heavy (non-hydrogen) atoms. The average Bonchev–Trinajstić information content (AvgIpc) is 2.61. The van der Waals surface area contributed by atoms with Crippen LogP contribution in [0.5, 0.6) is 0 Å². The van der Waals surface area contributed by atoms with E-state index in [9.17, 15) is 14.7 Å². The Labute approximate surface area is 159 Å². The number of hydrogen-bond donors (Lipinski definition) is 3. The second-order valence-electron chi connectivity index (χ2n) is 7.21. The highest BCUT2D eigenvalue weighted by atomic mass is 16.4. The topological polar surface area (TPSA) is 94.6 Å². The third-order valence-corrected chi connectivity index (χ3v) is 4.13. The fourth-order valence-electron chi connectivity index (χ4n) is 2.93. The molecule has 1 aromatic carbocycles. The van der Waals surface area contributed by atoms with E-state index in [0.29, 0.717) is 17.8 Å². The summed E-state index contributed by atoms with van der Waals surface area (Å²) in [6, 6.07) is 10.1. The third-order valence-electron chi connectivity index (χ3n) is 4.13. The maximum Gasteiger partial charge on any atom is 0.408 e. The molecule has 0 saturated carbocycles. The first-order valence-electron chi connectivity index (χ1n) is 8.72. The number of likely N-dealkylation sites (N-methyl/N-ethyl adjacent to an activating group) is 1. The van der Waals surface area contributed by atoms with Gasteiger partial charge in [0, 0.05) is 35.7 Å². The highest BCUT2D eigenvalue weighted by Crippen LogP contribution is 2.28. The lowest BCUT2D eigenvalue weighted by molar-refractivity contribution is 0.0699. The van der Waals surface area contributed by atoms with Gasteiger partial charge in [0.25, 0.3) is 5.91 Å². The summed E-state index contributed by atoms with van der Waals surface area (Å²) in [5, 5.41) is 15.6. The summed E-state index contributed by atoms with van der Waals surface area (Å²) in [4.78, 5) is 29.6. The molecule has 2 aromatic rings. The molecule has 144 valence electrons. The molecule has 7 heteroatoms. The normalized spacial score (nSPS) is 12.3. The van der Waals surface area contributed by atoms with Gasteiger partial charge in [-0.1, -0.05) is 12.1 Å². The number of hydrogen-bond acceptors (Lipinski definition) is 4. The molecular weight excluding hydrogens is 344 g/mol. The van der Waals surface area contributed by atoms with E-state index in [1.807, 2.05) is 20.8 Å². The van der Waals surface area contributed by atoms with Gasteiger partial charge < -0.3 is 15.7 Å². The summed E-state index contributed by atoms with van der Waals surface area (Å²) in [6.07, 6.45) is 2.23. The van der Waals surface area contributed by atoms with E-state index >= 15 is 0 Å². The van der Waals surface area contributed by atoms with Gasteiger partial charge in [0.2, 0.25) is 0 Å². The van der Waals surface area contributed by atoms with Crippen molar-refractivity contribution in [1.29, 1.82) is 0 Å². The minimum atomic E-state index is -0.984. The number of amides is 2. The Bertz CT molecular complexity index is 770. The molecule has 1 heterocycles. The first kappa shape index (κ1) is 20.4. The highest BCUT2D eigenvalue weighted by Gasteiger charge is 2.33. The summed E-state index contributed by atoms with van der Waals surface area (Å²) in [5.74, 6) is -0.233. The smallest absolute Gasteiger partial charge is 0.408 e. The number of pyridine rings is 1. The monoisotopic (exact) mass is 370 g/mol. The number of nitrogens with one attached hydrogen (secondary N) is 2. The van der Waals surface area contributed by atoms with E-state index in [1.54, 1.807) is 55.8 Å². The van der Waals surface area contributed by atoms with Crippen LogP contribution in [0, 0.1) is 0 Å². The molecule has 0 aliphatic rings. The summed E-state index contributed by atoms with van der Waals surface area (Å²) in [6.45, 7) is 6.05. The summed E-state index contributed by atoms with van der Waals surface area (Å²) < 4.78 is 0. The van der Waals surface area contributed by atoms with Crippen LogP contribution in [0.2, 0.25) is 0 Å². The second-order valence-corrected chi connectivity index (χ2v) is 7.21. The summed E-state index contributed by atoms with van der Waals surface area (Å²) in [7, 11) is 1.78. The molecule has 0 aliphatic heterocycles. The fourth-order valence-corrected chi connectivity index (χ4v) is 2.93. The molecule has 2 rings (SSSR count). The molecule has 0 aliphatic carbocycles. The Morgan fingerprint density at radius 3 is 2.19 bits per heavy atom. The van der Waals surface area contributed by atoms with Crippen molar-refractivity contribution < 1.29 is 14.7 Å². The minimum absolute atomic E-state index is 0.233. The van der Waals surface area contributed by atoms with E-state index in [4.69, 9.17) is 0 Å². The molecule has 0 spiro atoms. The van der Waals surface area contributed by atoms with E-state index in [2.05, 4.69) is 15.6 Å². The Morgan fingerprint density at radius 1 is 1.11 bits per heavy atom. The van der Waals surface area contributed by atoms with Crippen LogP contribution >= 0.6 is 0 Å². The first-order valence-corrected chi connectivity index (χ1v) is 8.72. The van der Waals surface area contributed by atoms with Gasteiger partial charge in [0.05, 0.1) is 6.04 Å². The Hall–Kier alpha value is -2.93. The van der Waals surface area contributed by atoms with Crippen molar-refractivity contribution in [3.8, 4) is 0 Å². The zero-order valence-electron chi connectivity index (χ0n) is 16.1. The minimum Gasteiger partial charge on any atom is -0.465 e. The number of benzene rings is 1. The third kappa shape index (κ3) is 5.27. The van der Waals surface area contributed by atoms with Crippen molar-refractivity contribution in [1.82, 2.24) is 15.2 Å². The van der Waals surface area contributed by atoms with Crippen LogP contribution in [0.25, 0.3) is 0 Å². The average molecular weight is 370 g/mol. The van der Waals surface area contributed by atoms with Crippen LogP contribution in [0.15, 0.2) is 48.8 Å². The molecule has 2 amide bonds. The SMILES string of the molecule is CNCC(c1ccc(C(=O)Nc2ccncc2)cc1)N(C(=O)O)C(C)(C)C. The van der Waals surface area contributed by atoms with Gasteiger partial charge in [0.15, 0.2) is 0 Å². The van der Waals surface area contributed by atoms with Crippen molar-refractivity contribution in [2.75, 3.05) is 18.9 Å². The number of anilines is 1. The molecule has 0 saturated heterocycles. The number of carbonyl (C=O) groups excluding carboxylic acids is 1. The van der Waals surface area contributed by atoms with Crippen molar-refractivity contribution in [3.63, 3.8) is 0 Å². The predicted molar refractivity (Wildman–Crippen MR) is 105 cm³/mol. The van der Waals surface area contributed by atoms with Gasteiger partial charge in [-0.3, -0.25) is 14.7 Å². The van der Waals surface area contributed by atoms with Gasteiger partial charge in [-0.25, -0.2) is 4.79 Å². The fraction of sp³-hybridized carbons (Fsp3) is 0.350. The summed E-state index contributed by atoms with van der Waals surface area (Å²) >= 11 is 0. The maximum absolute atomic E-state index is 12.4. The Balaban J connectivity index is 2.24. The lowest BCUT2D eigenvalue weighted by atomic mass is 9.97. The van der Waals surface area contributed by atoms with Crippen molar-refractivity contribution >= 4 is 17.7 Å². The van der Waals surface area contributed by atoms with Crippen LogP contribution in [0.3, 0.4) is 0 Å². The van der Waals surface area contributed by atoms with Crippen LogP contribution in [0.4, 0.5) is 10.5 Å². The standard InChI is InChI=1S/C20H26N4O3/c1-20(2,3)24(19(26)27)17(13-21-4)14-5-7-15(8-6-14)18(25)23-16-9-11-22-12-10-16/h5-12,17,21H,13H2,1-4H3,(H,26,27)(H,22,23,25). The molecule has 1 unspecified atom stereocenters. The van der Waals surface area contributed by atoms with Gasteiger partial charge in [0.1, 0.15) is 0 Å². The van der Waals surface area contributed by atoms with E-state index in [0.717, 1.165) is 5.56 Å². The molecule has 7 nitrogen and oxygen atoms in total. The van der Waals surface area contributed by atoms with Gasteiger partial charge in [-0.05, 0) is 57.6 Å². The number of carbonyl (C=O) groups is 2. The second kappa shape index (κ2) is 8.64. The molecule has 1 aromatic heterocycles. The number of nitrogens with zero attached hydrogens (tertiary/aromatic N) is 2. The largest absolute Gasteiger partial charge is 0.465 e. The van der Waals surface area contributed by atoms with Gasteiger partial charge in [-0.15, -0.1) is 0 Å². The van der Waals surface area contributed by atoms with E-state index in [1.165, 1.54) is 4.90 Å². The highest BCUT2D eigenvalue weighted by molar-refractivity contribution is 6.04. The van der Waals surface area contributed by atoms with Gasteiger partial charge in [-0.2, -0.15) is 0 Å². The Morgan fingerprint density at radius 2 is 1.70 bits per heavy atom. The van der Waals surface area contributed by atoms with Crippen molar-refractivity contribution in [3.05, 3.63) is 59.9 Å². The van der Waals surface area contributed by atoms with Crippen molar-refractivity contribution in [2.24, 2.45) is 0 Å². The van der Waals surface area contributed by atoms with Crippen molar-refractivity contribution in [2.45, 2.75) is 32.4 Å². The zero-order chi connectivity index (χ0) is 20.0. The maximum atomic E-state index is 12.4. The van der Waals surface area contributed by atoms with E-state index < -0.39 is 11.6 Å². The molecule has 0 bridgehead atoms. The molecule has 3 N–H and O–H groups in total. The van der Waals surface area contributed by atoms with Crippen LogP contribution in [-0.4, -0.2) is 46.1 Å². The van der Waals surface area contributed by atoms with Gasteiger partial charge >= 0.3 is 6.09 Å². The molecule has 1 atom stereocenters. The lowest BCUT2D eigenvalue weighted by Gasteiger charge is -2.40. The van der Waals surface area contributed by atoms with Crippen LogP contribution in [-0.2, 0) is 0 Å². The summed E-state index contributed by atoms with van der Waals surface area (Å²) in [5.41, 5.74) is 1.42. The predicted octanol–water partition coefficient (Wildman–Crippen LogP) is 3.37. The van der Waals surface area contributed by atoms with Crippen LogP contribution in [0.1, 0.15) is 42.7 Å². The zero-order valence-corrected chi connectivity index (χ0v) is 16.1. The quantitative estimate of drug-likeness (QED) is 0.725. The molecule has 0 fully saturated rings. The number of rotatable bonds is 6. The molecule has 0 radical (unpaired) electrons. The molecular formula is C20H26N4O3.